The first-order valence-corrected chi connectivity index (χ1v) is 7.66. The van der Waals surface area contributed by atoms with Crippen LogP contribution in [0.15, 0.2) is 0 Å². The normalized spacial score (nSPS) is 32.0. The number of urea groups is 1. The van der Waals surface area contributed by atoms with Gasteiger partial charge in [-0.3, -0.25) is 14.9 Å². The molecule has 116 valence electrons. The minimum Gasteiger partial charge on any atom is -0.341 e. The zero-order valence-electron chi connectivity index (χ0n) is 12.3. The molecule has 3 rings (SSSR count). The molecule has 2 unspecified atom stereocenters. The number of amides is 4. The van der Waals surface area contributed by atoms with E-state index in [1.807, 2.05) is 4.90 Å². The minimum atomic E-state index is -0.804. The molecule has 0 aromatic carbocycles. The summed E-state index contributed by atoms with van der Waals surface area (Å²) in [4.78, 5) is 37.5. The van der Waals surface area contributed by atoms with E-state index >= 15 is 0 Å². The third kappa shape index (κ3) is 2.62. The highest BCUT2D eigenvalue weighted by Crippen LogP contribution is 2.26. The smallest absolute Gasteiger partial charge is 0.322 e. The molecule has 21 heavy (non-hydrogen) atoms. The van der Waals surface area contributed by atoms with Crippen molar-refractivity contribution in [3.05, 3.63) is 0 Å². The van der Waals surface area contributed by atoms with Crippen molar-refractivity contribution in [1.29, 1.82) is 0 Å². The molecule has 7 nitrogen and oxygen atoms in total. The van der Waals surface area contributed by atoms with Crippen LogP contribution in [0.2, 0.25) is 0 Å². The third-order valence-corrected chi connectivity index (χ3v) is 4.91. The van der Waals surface area contributed by atoms with E-state index in [4.69, 9.17) is 0 Å². The van der Waals surface area contributed by atoms with E-state index in [1.54, 1.807) is 0 Å². The average molecular weight is 294 g/mol. The summed E-state index contributed by atoms with van der Waals surface area (Å²) in [6, 6.07) is -0.530. The summed E-state index contributed by atoms with van der Waals surface area (Å²) in [5.74, 6) is 0.432. The Morgan fingerprint density at radius 1 is 1.29 bits per heavy atom. The Bertz CT molecular complexity index is 471. The summed E-state index contributed by atoms with van der Waals surface area (Å²) in [5, 5.41) is 8.28. The summed E-state index contributed by atoms with van der Waals surface area (Å²) in [5.41, 5.74) is -0.804. The Balaban J connectivity index is 1.59. The maximum atomic E-state index is 12.5. The number of likely N-dealkylation sites (tertiary alicyclic amines) is 1. The lowest BCUT2D eigenvalue weighted by Gasteiger charge is -2.39. The van der Waals surface area contributed by atoms with Crippen LogP contribution < -0.4 is 16.0 Å². The highest BCUT2D eigenvalue weighted by atomic mass is 16.2. The molecule has 0 radical (unpaired) electrons. The lowest BCUT2D eigenvalue weighted by molar-refractivity contribution is -0.138. The van der Waals surface area contributed by atoms with Gasteiger partial charge in [0.15, 0.2) is 0 Å². The van der Waals surface area contributed by atoms with Crippen LogP contribution in [0, 0.1) is 5.92 Å². The Labute approximate surface area is 123 Å². The number of piperidine rings is 2. The molecule has 3 aliphatic heterocycles. The molecule has 0 saturated carbocycles. The van der Waals surface area contributed by atoms with E-state index < -0.39 is 11.6 Å². The van der Waals surface area contributed by atoms with Crippen molar-refractivity contribution in [1.82, 2.24) is 20.9 Å². The molecule has 3 N–H and O–H groups in total. The molecule has 1 spiro atoms. The predicted octanol–water partition coefficient (Wildman–Crippen LogP) is -0.425. The fourth-order valence-electron chi connectivity index (χ4n) is 3.51. The Morgan fingerprint density at radius 3 is 2.57 bits per heavy atom. The minimum absolute atomic E-state index is 0.102. The van der Waals surface area contributed by atoms with Gasteiger partial charge in [-0.25, -0.2) is 4.79 Å². The van der Waals surface area contributed by atoms with E-state index in [0.29, 0.717) is 31.8 Å². The molecule has 3 aliphatic rings. The van der Waals surface area contributed by atoms with Crippen LogP contribution >= 0.6 is 0 Å². The molecule has 4 amide bonds. The van der Waals surface area contributed by atoms with E-state index in [-0.39, 0.29) is 17.9 Å². The van der Waals surface area contributed by atoms with Crippen LogP contribution in [-0.2, 0) is 9.59 Å². The van der Waals surface area contributed by atoms with Crippen LogP contribution in [0.5, 0.6) is 0 Å². The Hall–Kier alpha value is -1.63. The van der Waals surface area contributed by atoms with Gasteiger partial charge in [-0.05, 0) is 38.1 Å². The molecular formula is C14H22N4O3. The molecule has 7 heteroatoms. The molecular weight excluding hydrogens is 272 g/mol. The van der Waals surface area contributed by atoms with Crippen molar-refractivity contribution in [3.63, 3.8) is 0 Å². The number of nitrogens with zero attached hydrogens (tertiary/aromatic N) is 1. The highest BCUT2D eigenvalue weighted by Gasteiger charge is 2.48. The zero-order chi connectivity index (χ0) is 15.0. The molecule has 3 saturated heterocycles. The molecule has 0 aliphatic carbocycles. The molecule has 2 atom stereocenters. The van der Waals surface area contributed by atoms with Gasteiger partial charge < -0.3 is 15.5 Å². The second-order valence-corrected chi connectivity index (χ2v) is 6.45. The monoisotopic (exact) mass is 294 g/mol. The van der Waals surface area contributed by atoms with Crippen molar-refractivity contribution in [2.75, 3.05) is 19.6 Å². The topological polar surface area (TPSA) is 90.5 Å². The van der Waals surface area contributed by atoms with Crippen LogP contribution in [-0.4, -0.2) is 54.0 Å². The van der Waals surface area contributed by atoms with Gasteiger partial charge in [0.1, 0.15) is 5.54 Å². The molecule has 3 heterocycles. The van der Waals surface area contributed by atoms with Gasteiger partial charge in [0, 0.05) is 13.1 Å². The van der Waals surface area contributed by atoms with Gasteiger partial charge in [-0.1, -0.05) is 6.92 Å². The second kappa shape index (κ2) is 5.29. The standard InChI is InChI=1S/C14H22N4O3/c1-9-2-5-15-10(8-9)11(19)18-6-3-14(4-7-18)12(20)16-13(21)17-14/h9-10,15H,2-8H2,1H3,(H2,16,17,20,21). The summed E-state index contributed by atoms with van der Waals surface area (Å²) in [6.45, 7) is 4.08. The van der Waals surface area contributed by atoms with Gasteiger partial charge in [0.05, 0.1) is 6.04 Å². The van der Waals surface area contributed by atoms with E-state index in [0.717, 1.165) is 19.4 Å². The maximum Gasteiger partial charge on any atom is 0.322 e. The van der Waals surface area contributed by atoms with Crippen molar-refractivity contribution in [3.8, 4) is 0 Å². The van der Waals surface area contributed by atoms with Gasteiger partial charge >= 0.3 is 6.03 Å². The number of hydrogen-bond acceptors (Lipinski definition) is 4. The number of carbonyl (C=O) groups is 3. The van der Waals surface area contributed by atoms with Crippen LogP contribution in [0.25, 0.3) is 0 Å². The van der Waals surface area contributed by atoms with Crippen molar-refractivity contribution in [2.24, 2.45) is 5.92 Å². The van der Waals surface area contributed by atoms with Crippen molar-refractivity contribution < 1.29 is 14.4 Å². The summed E-state index contributed by atoms with van der Waals surface area (Å²) < 4.78 is 0. The van der Waals surface area contributed by atoms with E-state index in [2.05, 4.69) is 22.9 Å². The van der Waals surface area contributed by atoms with Gasteiger partial charge in [-0.2, -0.15) is 0 Å². The third-order valence-electron chi connectivity index (χ3n) is 4.91. The predicted molar refractivity (Wildman–Crippen MR) is 75.4 cm³/mol. The first-order valence-electron chi connectivity index (χ1n) is 7.66. The molecule has 0 aromatic rings. The second-order valence-electron chi connectivity index (χ2n) is 6.45. The number of hydrogen-bond donors (Lipinski definition) is 3. The summed E-state index contributed by atoms with van der Waals surface area (Å²) in [7, 11) is 0. The molecule has 0 bridgehead atoms. The average Bonchev–Trinajstić information content (AvgIpc) is 2.73. The van der Waals surface area contributed by atoms with Crippen LogP contribution in [0.4, 0.5) is 4.79 Å². The van der Waals surface area contributed by atoms with Crippen LogP contribution in [0.3, 0.4) is 0 Å². The zero-order valence-corrected chi connectivity index (χ0v) is 12.3. The van der Waals surface area contributed by atoms with Gasteiger partial charge in [-0.15, -0.1) is 0 Å². The first kappa shape index (κ1) is 14.3. The first-order chi connectivity index (χ1) is 10.00. The van der Waals surface area contributed by atoms with Crippen molar-refractivity contribution >= 4 is 17.8 Å². The van der Waals surface area contributed by atoms with Gasteiger partial charge in [0.2, 0.25) is 5.91 Å². The SMILES string of the molecule is CC1CCNC(C(=O)N2CCC3(CC2)NC(=O)NC3=O)C1. The van der Waals surface area contributed by atoms with Gasteiger partial charge in [0.25, 0.3) is 5.91 Å². The lowest BCUT2D eigenvalue weighted by atomic mass is 9.87. The van der Waals surface area contributed by atoms with Crippen molar-refractivity contribution in [2.45, 2.75) is 44.2 Å². The fraction of sp³-hybridized carbons (Fsp3) is 0.786. The van der Waals surface area contributed by atoms with Crippen LogP contribution in [0.1, 0.15) is 32.6 Å². The van der Waals surface area contributed by atoms with E-state index in [9.17, 15) is 14.4 Å². The quantitative estimate of drug-likeness (QED) is 0.573. The Morgan fingerprint density at radius 2 is 2.00 bits per heavy atom. The largest absolute Gasteiger partial charge is 0.341 e. The number of carbonyl (C=O) groups excluding carboxylic acids is 3. The van der Waals surface area contributed by atoms with E-state index in [1.165, 1.54) is 0 Å². The number of imide groups is 1. The molecule has 0 aromatic heterocycles. The maximum absolute atomic E-state index is 12.5. The summed E-state index contributed by atoms with van der Waals surface area (Å²) in [6.07, 6.45) is 2.95. The number of rotatable bonds is 1. The molecule has 3 fully saturated rings. The highest BCUT2D eigenvalue weighted by molar-refractivity contribution is 6.07. The fourth-order valence-corrected chi connectivity index (χ4v) is 3.51. The Kier molecular flexibility index (Phi) is 3.61. The summed E-state index contributed by atoms with van der Waals surface area (Å²) >= 11 is 0. The number of nitrogens with one attached hydrogen (secondary N) is 3. The lowest BCUT2D eigenvalue weighted by Crippen LogP contribution is -2.58.